The zero-order valence-corrected chi connectivity index (χ0v) is 7.80. The van der Waals surface area contributed by atoms with E-state index in [4.69, 9.17) is 9.47 Å². The third-order valence-electron chi connectivity index (χ3n) is 2.24. The molecule has 0 aliphatic carbocycles. The minimum absolute atomic E-state index is 0.153. The Morgan fingerprint density at radius 2 is 2.33 bits per heavy atom. The van der Waals surface area contributed by atoms with Crippen molar-refractivity contribution in [3.63, 3.8) is 0 Å². The Morgan fingerprint density at radius 3 is 3.08 bits per heavy atom. The van der Waals surface area contributed by atoms with Gasteiger partial charge < -0.3 is 9.47 Å². The first-order valence-electron chi connectivity index (χ1n) is 4.18. The zero-order chi connectivity index (χ0) is 8.55. The molecule has 3 unspecified atom stereocenters. The summed E-state index contributed by atoms with van der Waals surface area (Å²) in [6.07, 6.45) is 1.40. The summed E-state index contributed by atoms with van der Waals surface area (Å²) < 4.78 is 11.0. The van der Waals surface area contributed by atoms with Crippen molar-refractivity contribution in [2.75, 3.05) is 13.2 Å². The van der Waals surface area contributed by atoms with Gasteiger partial charge in [-0.05, 0) is 6.42 Å². The monoisotopic (exact) mass is 188 g/mol. The van der Waals surface area contributed by atoms with E-state index in [-0.39, 0.29) is 22.6 Å². The number of fused-ring (bicyclic) bond motifs is 1. The highest BCUT2D eigenvalue weighted by Gasteiger charge is 2.42. The van der Waals surface area contributed by atoms with Gasteiger partial charge in [-0.1, -0.05) is 11.8 Å². The van der Waals surface area contributed by atoms with Crippen molar-refractivity contribution in [1.29, 1.82) is 0 Å². The Kier molecular flexibility index (Phi) is 2.39. The van der Waals surface area contributed by atoms with Crippen LogP contribution < -0.4 is 0 Å². The van der Waals surface area contributed by atoms with Crippen LogP contribution >= 0.6 is 11.8 Å². The summed E-state index contributed by atoms with van der Waals surface area (Å²) in [4.78, 5) is 10.8. The Labute approximate surface area is 75.8 Å². The molecule has 4 heteroatoms. The molecule has 0 spiro atoms. The van der Waals surface area contributed by atoms with Gasteiger partial charge >= 0.3 is 0 Å². The van der Waals surface area contributed by atoms with Crippen LogP contribution in [0.5, 0.6) is 0 Å². The van der Waals surface area contributed by atoms with E-state index in [9.17, 15) is 4.79 Å². The highest BCUT2D eigenvalue weighted by atomic mass is 32.2. The van der Waals surface area contributed by atoms with Crippen molar-refractivity contribution in [1.82, 2.24) is 0 Å². The molecule has 0 bridgehead atoms. The van der Waals surface area contributed by atoms with Crippen LogP contribution in [0.15, 0.2) is 0 Å². The molecule has 2 aliphatic heterocycles. The average molecular weight is 188 g/mol. The van der Waals surface area contributed by atoms with Gasteiger partial charge in [-0.3, -0.25) is 4.79 Å². The fourth-order valence-electron chi connectivity index (χ4n) is 1.74. The maximum Gasteiger partial charge on any atom is 0.186 e. The summed E-state index contributed by atoms with van der Waals surface area (Å²) in [5.74, 6) is 0. The fraction of sp³-hybridized carbons (Fsp3) is 0.875. The Hall–Kier alpha value is -0.0600. The number of thioether (sulfide) groups is 1. The molecule has 0 N–H and O–H groups in total. The van der Waals surface area contributed by atoms with Crippen LogP contribution in [-0.2, 0) is 14.3 Å². The molecule has 3 atom stereocenters. The van der Waals surface area contributed by atoms with E-state index in [2.05, 4.69) is 0 Å². The van der Waals surface area contributed by atoms with E-state index in [1.54, 1.807) is 6.92 Å². The summed E-state index contributed by atoms with van der Waals surface area (Å²) in [5, 5.41) is 0.384. The molecule has 0 saturated carbocycles. The molecule has 2 fully saturated rings. The largest absolute Gasteiger partial charge is 0.374 e. The lowest BCUT2D eigenvalue weighted by Crippen LogP contribution is -2.25. The molecule has 0 amide bonds. The molecular weight excluding hydrogens is 176 g/mol. The molecule has 12 heavy (non-hydrogen) atoms. The van der Waals surface area contributed by atoms with Crippen LogP contribution in [0.4, 0.5) is 0 Å². The van der Waals surface area contributed by atoms with E-state index in [1.807, 2.05) is 0 Å². The van der Waals surface area contributed by atoms with Crippen molar-refractivity contribution in [3.05, 3.63) is 0 Å². The Morgan fingerprint density at radius 1 is 1.50 bits per heavy atom. The van der Waals surface area contributed by atoms with Crippen molar-refractivity contribution in [2.24, 2.45) is 0 Å². The van der Waals surface area contributed by atoms with Gasteiger partial charge in [-0.2, -0.15) is 0 Å². The van der Waals surface area contributed by atoms with E-state index in [1.165, 1.54) is 11.8 Å². The number of hydrogen-bond acceptors (Lipinski definition) is 4. The van der Waals surface area contributed by atoms with E-state index in [0.717, 1.165) is 13.0 Å². The molecule has 2 heterocycles. The topological polar surface area (TPSA) is 35.5 Å². The molecule has 2 saturated heterocycles. The van der Waals surface area contributed by atoms with E-state index in [0.29, 0.717) is 6.61 Å². The third-order valence-corrected chi connectivity index (χ3v) is 3.28. The third kappa shape index (κ3) is 1.51. The summed E-state index contributed by atoms with van der Waals surface area (Å²) in [6.45, 7) is 3.04. The summed E-state index contributed by atoms with van der Waals surface area (Å²) >= 11 is 1.35. The fourth-order valence-corrected chi connectivity index (χ4v) is 2.71. The van der Waals surface area contributed by atoms with Crippen LogP contribution in [0.1, 0.15) is 13.3 Å². The molecular formula is C8H12O3S. The first-order chi connectivity index (χ1) is 5.77. The molecule has 0 aromatic heterocycles. The van der Waals surface area contributed by atoms with Crippen LogP contribution in [0.3, 0.4) is 0 Å². The zero-order valence-electron chi connectivity index (χ0n) is 6.99. The highest BCUT2D eigenvalue weighted by molar-refractivity contribution is 8.14. The molecule has 0 aromatic rings. The summed E-state index contributed by atoms with van der Waals surface area (Å²) in [6, 6.07) is 0. The van der Waals surface area contributed by atoms with Crippen LogP contribution in [0.2, 0.25) is 0 Å². The van der Waals surface area contributed by atoms with Crippen molar-refractivity contribution in [3.8, 4) is 0 Å². The van der Waals surface area contributed by atoms with Crippen molar-refractivity contribution >= 4 is 16.9 Å². The van der Waals surface area contributed by atoms with Gasteiger partial charge in [-0.15, -0.1) is 0 Å². The Balaban J connectivity index is 1.95. The maximum atomic E-state index is 10.8. The quantitative estimate of drug-likeness (QED) is 0.610. The first-order valence-corrected chi connectivity index (χ1v) is 5.06. The van der Waals surface area contributed by atoms with E-state index >= 15 is 0 Å². The van der Waals surface area contributed by atoms with E-state index < -0.39 is 0 Å². The number of carbonyl (C=O) groups excluding carboxylic acids is 1. The minimum atomic E-state index is 0.153. The van der Waals surface area contributed by atoms with Gasteiger partial charge in [0.1, 0.15) is 0 Å². The maximum absolute atomic E-state index is 10.8. The van der Waals surface area contributed by atoms with Gasteiger partial charge in [0.2, 0.25) is 0 Å². The lowest BCUT2D eigenvalue weighted by Gasteiger charge is -2.12. The predicted molar refractivity (Wildman–Crippen MR) is 46.2 cm³/mol. The normalized spacial score (nSPS) is 39.9. The van der Waals surface area contributed by atoms with Gasteiger partial charge in [-0.25, -0.2) is 0 Å². The second kappa shape index (κ2) is 3.36. The SMILES string of the molecule is CC(=O)SC1COC2CCOC21. The van der Waals surface area contributed by atoms with Crippen molar-refractivity contribution in [2.45, 2.75) is 30.8 Å². The summed E-state index contributed by atoms with van der Waals surface area (Å²) in [7, 11) is 0. The molecule has 2 aliphatic rings. The smallest absolute Gasteiger partial charge is 0.186 e. The number of carbonyl (C=O) groups is 1. The number of rotatable bonds is 1. The standard InChI is InChI=1S/C8H12O3S/c1-5(9)12-7-4-11-6-2-3-10-8(6)7/h6-8H,2-4H2,1H3. The van der Waals surface area contributed by atoms with Crippen LogP contribution in [0, 0.1) is 0 Å². The molecule has 0 radical (unpaired) electrons. The molecule has 3 nitrogen and oxygen atoms in total. The van der Waals surface area contributed by atoms with Gasteiger partial charge in [0, 0.05) is 13.5 Å². The number of hydrogen-bond donors (Lipinski definition) is 0. The second-order valence-corrected chi connectivity index (χ2v) is 4.56. The Bertz CT molecular complexity index is 195. The highest BCUT2D eigenvalue weighted by Crippen LogP contribution is 2.33. The van der Waals surface area contributed by atoms with Gasteiger partial charge in [0.25, 0.3) is 0 Å². The van der Waals surface area contributed by atoms with Gasteiger partial charge in [0.05, 0.1) is 24.1 Å². The first kappa shape index (κ1) is 8.53. The summed E-state index contributed by atoms with van der Waals surface area (Å²) in [5.41, 5.74) is 0. The van der Waals surface area contributed by atoms with Crippen LogP contribution in [-0.4, -0.2) is 35.8 Å². The van der Waals surface area contributed by atoms with Crippen molar-refractivity contribution < 1.29 is 14.3 Å². The minimum Gasteiger partial charge on any atom is -0.374 e. The molecule has 0 aromatic carbocycles. The predicted octanol–water partition coefficient (Wildman–Crippen LogP) is 0.822. The van der Waals surface area contributed by atoms with Gasteiger partial charge in [0.15, 0.2) is 5.12 Å². The lowest BCUT2D eigenvalue weighted by molar-refractivity contribution is -0.109. The van der Waals surface area contributed by atoms with Crippen LogP contribution in [0.25, 0.3) is 0 Å². The number of ether oxygens (including phenoxy) is 2. The second-order valence-electron chi connectivity index (χ2n) is 3.14. The lowest BCUT2D eigenvalue weighted by atomic mass is 10.2. The molecule has 68 valence electrons. The molecule has 2 rings (SSSR count). The average Bonchev–Trinajstić information content (AvgIpc) is 2.52.